The maximum absolute atomic E-state index is 11.9. The van der Waals surface area contributed by atoms with E-state index in [1.807, 2.05) is 0 Å². The summed E-state index contributed by atoms with van der Waals surface area (Å²) >= 11 is 0. The molecule has 20 heavy (non-hydrogen) atoms. The second-order valence-electron chi connectivity index (χ2n) is 4.02. The fourth-order valence-electron chi connectivity index (χ4n) is 1.38. The first-order chi connectivity index (χ1) is 9.54. The molecule has 7 nitrogen and oxygen atoms in total. The number of anilines is 1. The van der Waals surface area contributed by atoms with Gasteiger partial charge in [-0.05, 0) is 12.1 Å². The number of carbonyl (C=O) groups excluding carboxylic acids is 1. The lowest BCUT2D eigenvalue weighted by Crippen LogP contribution is -2.34. The Kier molecular flexibility index (Phi) is 6.31. The van der Waals surface area contributed by atoms with Gasteiger partial charge in [0.2, 0.25) is 0 Å². The summed E-state index contributed by atoms with van der Waals surface area (Å²) in [5.74, 6) is -0.772. The number of carbonyl (C=O) groups is 2. The van der Waals surface area contributed by atoms with Crippen LogP contribution in [0, 0.1) is 0 Å². The molecule has 0 saturated carbocycles. The zero-order valence-electron chi connectivity index (χ0n) is 11.5. The number of carboxylic acids is 1. The van der Waals surface area contributed by atoms with Gasteiger partial charge in [0, 0.05) is 20.7 Å². The summed E-state index contributed by atoms with van der Waals surface area (Å²) in [5, 5.41) is 11.3. The van der Waals surface area contributed by atoms with Gasteiger partial charge < -0.3 is 24.8 Å². The average Bonchev–Trinajstić information content (AvgIpc) is 2.43. The van der Waals surface area contributed by atoms with E-state index in [1.165, 1.54) is 4.90 Å². The maximum atomic E-state index is 11.9. The van der Waals surface area contributed by atoms with Gasteiger partial charge in [0.05, 0.1) is 12.3 Å². The molecule has 0 spiro atoms. The molecule has 2 N–H and O–H groups in total. The second kappa shape index (κ2) is 8.00. The Morgan fingerprint density at radius 3 is 2.70 bits per heavy atom. The van der Waals surface area contributed by atoms with Crippen molar-refractivity contribution in [3.05, 3.63) is 24.3 Å². The van der Waals surface area contributed by atoms with E-state index in [-0.39, 0.29) is 6.03 Å². The van der Waals surface area contributed by atoms with Crippen LogP contribution in [0.25, 0.3) is 0 Å². The van der Waals surface area contributed by atoms with Gasteiger partial charge in [-0.2, -0.15) is 0 Å². The van der Waals surface area contributed by atoms with Crippen molar-refractivity contribution in [2.24, 2.45) is 0 Å². The Morgan fingerprint density at radius 1 is 1.35 bits per heavy atom. The number of likely N-dealkylation sites (N-methyl/N-ethyl adjacent to an activating group) is 1. The first-order valence-corrected chi connectivity index (χ1v) is 5.99. The minimum Gasteiger partial charge on any atom is -0.480 e. The van der Waals surface area contributed by atoms with E-state index < -0.39 is 12.6 Å². The molecular weight excluding hydrogens is 264 g/mol. The van der Waals surface area contributed by atoms with Crippen LogP contribution in [-0.2, 0) is 9.53 Å². The topological polar surface area (TPSA) is 88.1 Å². The normalized spacial score (nSPS) is 9.90. The summed E-state index contributed by atoms with van der Waals surface area (Å²) < 4.78 is 9.99. The van der Waals surface area contributed by atoms with Crippen molar-refractivity contribution in [1.29, 1.82) is 0 Å². The number of methoxy groups -OCH3 is 1. The molecule has 0 aliphatic rings. The van der Waals surface area contributed by atoms with E-state index in [2.05, 4.69) is 5.32 Å². The number of ether oxygens (including phenoxy) is 2. The summed E-state index contributed by atoms with van der Waals surface area (Å²) in [5.41, 5.74) is 0.419. The molecule has 0 aromatic heterocycles. The number of aliphatic carboxylic acids is 1. The third-order valence-electron chi connectivity index (χ3n) is 2.46. The minimum absolute atomic E-state index is 0.309. The fraction of sp³-hybridized carbons (Fsp3) is 0.385. The van der Waals surface area contributed by atoms with Crippen molar-refractivity contribution in [2.45, 2.75) is 0 Å². The van der Waals surface area contributed by atoms with Crippen LogP contribution in [0.5, 0.6) is 5.75 Å². The molecule has 2 amide bonds. The number of urea groups is 1. The molecule has 0 atom stereocenters. The molecule has 110 valence electrons. The lowest BCUT2D eigenvalue weighted by Gasteiger charge is -2.18. The highest BCUT2D eigenvalue weighted by atomic mass is 16.5. The van der Waals surface area contributed by atoms with E-state index in [4.69, 9.17) is 14.6 Å². The highest BCUT2D eigenvalue weighted by Gasteiger charge is 2.12. The highest BCUT2D eigenvalue weighted by molar-refractivity contribution is 5.90. The molecule has 1 aromatic carbocycles. The molecule has 0 radical (unpaired) electrons. The van der Waals surface area contributed by atoms with Gasteiger partial charge in [-0.15, -0.1) is 0 Å². The van der Waals surface area contributed by atoms with Gasteiger partial charge in [-0.3, -0.25) is 0 Å². The molecule has 0 aliphatic carbocycles. The minimum atomic E-state index is -1.08. The summed E-state index contributed by atoms with van der Waals surface area (Å²) in [7, 11) is 3.19. The summed E-state index contributed by atoms with van der Waals surface area (Å²) in [6.07, 6.45) is 0. The average molecular weight is 282 g/mol. The van der Waals surface area contributed by atoms with Gasteiger partial charge in [0.1, 0.15) is 5.75 Å². The van der Waals surface area contributed by atoms with Crippen molar-refractivity contribution < 1.29 is 24.2 Å². The molecule has 0 aliphatic heterocycles. The number of amides is 2. The van der Waals surface area contributed by atoms with Gasteiger partial charge in [0.15, 0.2) is 6.61 Å². The standard InChI is InChI=1S/C13H18N2O5/c1-15(7-8-19-2)13(18)14-10-5-3-4-6-11(10)20-9-12(16)17/h3-6H,7-9H2,1-2H3,(H,14,18)(H,16,17). The zero-order valence-corrected chi connectivity index (χ0v) is 11.5. The number of rotatable bonds is 7. The lowest BCUT2D eigenvalue weighted by molar-refractivity contribution is -0.139. The number of carboxylic acid groups (broad SMARTS) is 1. The number of benzene rings is 1. The van der Waals surface area contributed by atoms with E-state index in [1.54, 1.807) is 38.4 Å². The molecule has 0 unspecified atom stereocenters. The molecule has 1 aromatic rings. The van der Waals surface area contributed by atoms with Gasteiger partial charge >= 0.3 is 12.0 Å². The number of hydrogen-bond acceptors (Lipinski definition) is 4. The first kappa shape index (κ1) is 15.8. The van der Waals surface area contributed by atoms with Crippen LogP contribution >= 0.6 is 0 Å². The predicted molar refractivity (Wildman–Crippen MR) is 73.1 cm³/mol. The van der Waals surface area contributed by atoms with Crippen LogP contribution in [0.2, 0.25) is 0 Å². The number of hydrogen-bond donors (Lipinski definition) is 2. The molecule has 0 saturated heterocycles. The lowest BCUT2D eigenvalue weighted by atomic mass is 10.3. The monoisotopic (exact) mass is 282 g/mol. The third-order valence-corrected chi connectivity index (χ3v) is 2.46. The molecule has 1 rings (SSSR count). The summed E-state index contributed by atoms with van der Waals surface area (Å²) in [6, 6.07) is 6.32. The Labute approximate surface area is 117 Å². The second-order valence-corrected chi connectivity index (χ2v) is 4.02. The number of nitrogens with one attached hydrogen (secondary N) is 1. The van der Waals surface area contributed by atoms with Crippen LogP contribution in [0.4, 0.5) is 10.5 Å². The summed E-state index contributed by atoms with van der Waals surface area (Å²) in [6.45, 7) is 0.411. The smallest absolute Gasteiger partial charge is 0.341 e. The van der Waals surface area contributed by atoms with Crippen molar-refractivity contribution >= 4 is 17.7 Å². The van der Waals surface area contributed by atoms with Crippen molar-refractivity contribution in [3.8, 4) is 5.75 Å². The number of nitrogens with zero attached hydrogens (tertiary/aromatic N) is 1. The van der Waals surface area contributed by atoms with E-state index in [0.29, 0.717) is 24.6 Å². The Morgan fingerprint density at radius 2 is 2.05 bits per heavy atom. The van der Waals surface area contributed by atoms with Crippen LogP contribution in [0.1, 0.15) is 0 Å². The van der Waals surface area contributed by atoms with Crippen molar-refractivity contribution in [1.82, 2.24) is 4.90 Å². The molecule has 0 heterocycles. The predicted octanol–water partition coefficient (Wildman–Crippen LogP) is 1.26. The van der Waals surface area contributed by atoms with Crippen LogP contribution < -0.4 is 10.1 Å². The van der Waals surface area contributed by atoms with Crippen molar-refractivity contribution in [3.63, 3.8) is 0 Å². The number of para-hydroxylation sites is 2. The van der Waals surface area contributed by atoms with E-state index >= 15 is 0 Å². The van der Waals surface area contributed by atoms with E-state index in [9.17, 15) is 9.59 Å². The summed E-state index contributed by atoms with van der Waals surface area (Å²) in [4.78, 5) is 23.8. The largest absolute Gasteiger partial charge is 0.480 e. The van der Waals surface area contributed by atoms with Crippen molar-refractivity contribution in [2.75, 3.05) is 39.2 Å². The Bertz CT molecular complexity index is 464. The maximum Gasteiger partial charge on any atom is 0.341 e. The zero-order chi connectivity index (χ0) is 15.0. The SMILES string of the molecule is COCCN(C)C(=O)Nc1ccccc1OCC(=O)O. The third kappa shape index (κ3) is 5.15. The molecule has 0 fully saturated rings. The van der Waals surface area contributed by atoms with Crippen LogP contribution in [-0.4, -0.2) is 55.9 Å². The van der Waals surface area contributed by atoms with Gasteiger partial charge in [-0.1, -0.05) is 12.1 Å². The van der Waals surface area contributed by atoms with Crippen LogP contribution in [0.15, 0.2) is 24.3 Å². The Hall–Kier alpha value is -2.28. The Balaban J connectivity index is 2.66. The molecular formula is C13H18N2O5. The van der Waals surface area contributed by atoms with Gasteiger partial charge in [-0.25, -0.2) is 9.59 Å². The quantitative estimate of drug-likeness (QED) is 0.786. The molecule has 0 bridgehead atoms. The first-order valence-electron chi connectivity index (χ1n) is 5.99. The van der Waals surface area contributed by atoms with Gasteiger partial charge in [0.25, 0.3) is 0 Å². The molecule has 7 heteroatoms. The van der Waals surface area contributed by atoms with Crippen LogP contribution in [0.3, 0.4) is 0 Å². The fourth-order valence-corrected chi connectivity index (χ4v) is 1.38. The van der Waals surface area contributed by atoms with E-state index in [0.717, 1.165) is 0 Å². The highest BCUT2D eigenvalue weighted by Crippen LogP contribution is 2.23.